The molecule has 0 saturated carbocycles. The number of carbonyl (C=O) groups excluding carboxylic acids is 1. The number of hydrogen-bond acceptors (Lipinski definition) is 5. The zero-order chi connectivity index (χ0) is 26.4. The summed E-state index contributed by atoms with van der Waals surface area (Å²) in [6, 6.07) is 25.9. The van der Waals surface area contributed by atoms with Crippen LogP contribution in [-0.2, 0) is 11.3 Å². The zero-order valence-corrected chi connectivity index (χ0v) is 21.5. The molecular formula is C30H34N3O5+. The molecule has 8 heteroatoms. The lowest BCUT2D eigenvalue weighted by atomic mass is 9.83. The molecule has 1 amide bonds. The van der Waals surface area contributed by atoms with Crippen LogP contribution in [0.2, 0.25) is 0 Å². The molecule has 38 heavy (non-hydrogen) atoms. The van der Waals surface area contributed by atoms with Crippen molar-refractivity contribution in [1.82, 2.24) is 0 Å². The summed E-state index contributed by atoms with van der Waals surface area (Å²) in [5.74, 6) is 1.05. The number of rotatable bonds is 10. The van der Waals surface area contributed by atoms with E-state index in [1.807, 2.05) is 60.7 Å². The van der Waals surface area contributed by atoms with E-state index in [0.717, 1.165) is 61.2 Å². The SMILES string of the molecule is O=C(O[C@H]1C[N+]2(CCCOc3ccc([N+](=O)[O-])cc3)CCC1CC2)N(Cc1ccccc1)c1ccccc1. The topological polar surface area (TPSA) is 81.9 Å². The maximum absolute atomic E-state index is 13.5. The summed E-state index contributed by atoms with van der Waals surface area (Å²) in [5, 5.41) is 10.8. The lowest BCUT2D eigenvalue weighted by Crippen LogP contribution is -2.65. The quantitative estimate of drug-likeness (QED) is 0.147. The molecule has 0 N–H and O–H groups in total. The number of ether oxygens (including phenoxy) is 2. The Bertz CT molecular complexity index is 1210. The number of carbonyl (C=O) groups is 1. The van der Waals surface area contributed by atoms with Crippen LogP contribution in [0.4, 0.5) is 16.2 Å². The van der Waals surface area contributed by atoms with E-state index < -0.39 is 4.92 Å². The fourth-order valence-corrected chi connectivity index (χ4v) is 5.75. The van der Waals surface area contributed by atoms with Crippen LogP contribution in [0, 0.1) is 16.0 Å². The van der Waals surface area contributed by atoms with E-state index in [1.54, 1.807) is 17.0 Å². The van der Waals surface area contributed by atoms with Crippen LogP contribution in [0.15, 0.2) is 84.9 Å². The second kappa shape index (κ2) is 11.6. The van der Waals surface area contributed by atoms with Gasteiger partial charge < -0.3 is 14.0 Å². The summed E-state index contributed by atoms with van der Waals surface area (Å²) >= 11 is 0. The summed E-state index contributed by atoms with van der Waals surface area (Å²) in [6.07, 6.45) is 2.60. The second-order valence-corrected chi connectivity index (χ2v) is 10.3. The highest BCUT2D eigenvalue weighted by molar-refractivity contribution is 5.87. The number of nitro benzene ring substituents is 1. The van der Waals surface area contributed by atoms with Gasteiger partial charge in [-0.1, -0.05) is 48.5 Å². The molecule has 0 unspecified atom stereocenters. The molecule has 3 heterocycles. The largest absolute Gasteiger partial charge is 0.493 e. The van der Waals surface area contributed by atoms with Crippen LogP contribution < -0.4 is 9.64 Å². The number of quaternary nitrogens is 1. The molecule has 3 aromatic rings. The van der Waals surface area contributed by atoms with E-state index in [-0.39, 0.29) is 17.9 Å². The maximum atomic E-state index is 13.5. The average Bonchev–Trinajstić information content (AvgIpc) is 2.96. The fraction of sp³-hybridized carbons (Fsp3) is 0.367. The molecule has 3 saturated heterocycles. The van der Waals surface area contributed by atoms with Crippen molar-refractivity contribution in [1.29, 1.82) is 0 Å². The van der Waals surface area contributed by atoms with Gasteiger partial charge in [-0.3, -0.25) is 15.0 Å². The number of nitrogens with zero attached hydrogens (tertiary/aromatic N) is 3. The van der Waals surface area contributed by atoms with E-state index in [0.29, 0.717) is 24.8 Å². The Balaban J connectivity index is 1.18. The first-order valence-electron chi connectivity index (χ1n) is 13.3. The molecule has 3 fully saturated rings. The molecule has 198 valence electrons. The van der Waals surface area contributed by atoms with Crippen LogP contribution in [-0.4, -0.2) is 54.4 Å². The standard InChI is InChI=1S/C30H34N3O5/c34-30(31(26-10-5-2-6-11-26)22-24-8-3-1-4-9-24)38-29-23-33(19-16-25(29)17-20-33)18-7-21-37-28-14-12-27(13-15-28)32(35)36/h1-6,8-15,25,29H,7,16-23H2/q+1/t25?,29-,33?/m0/s1. The highest BCUT2D eigenvalue weighted by Crippen LogP contribution is 2.36. The normalized spacial score (nSPS) is 22.0. The van der Waals surface area contributed by atoms with Crippen LogP contribution >= 0.6 is 0 Å². The van der Waals surface area contributed by atoms with E-state index in [2.05, 4.69) is 0 Å². The lowest BCUT2D eigenvalue weighted by molar-refractivity contribution is -0.946. The molecule has 0 aliphatic carbocycles. The Morgan fingerprint density at radius 1 is 0.947 bits per heavy atom. The summed E-state index contributed by atoms with van der Waals surface area (Å²) in [4.78, 5) is 25.7. The third kappa shape index (κ3) is 6.14. The smallest absolute Gasteiger partial charge is 0.415 e. The number of hydrogen-bond donors (Lipinski definition) is 0. The number of amides is 1. The van der Waals surface area contributed by atoms with Gasteiger partial charge in [0.05, 0.1) is 37.7 Å². The summed E-state index contributed by atoms with van der Waals surface area (Å²) in [7, 11) is 0. The molecule has 6 rings (SSSR count). The van der Waals surface area contributed by atoms with Crippen LogP contribution in [0.25, 0.3) is 0 Å². The van der Waals surface area contributed by atoms with Gasteiger partial charge in [-0.25, -0.2) is 4.79 Å². The minimum atomic E-state index is -0.413. The van der Waals surface area contributed by atoms with Gasteiger partial charge in [0, 0.05) is 43.0 Å². The molecule has 0 radical (unpaired) electrons. The number of fused-ring (bicyclic) bond motifs is 3. The molecule has 0 aromatic heterocycles. The van der Waals surface area contributed by atoms with Gasteiger partial charge in [0.1, 0.15) is 12.3 Å². The van der Waals surface area contributed by atoms with Crippen LogP contribution in [0.3, 0.4) is 0 Å². The Hall–Kier alpha value is -3.91. The van der Waals surface area contributed by atoms with Crippen molar-refractivity contribution >= 4 is 17.5 Å². The van der Waals surface area contributed by atoms with E-state index in [4.69, 9.17) is 9.47 Å². The number of anilines is 1. The molecule has 0 spiro atoms. The van der Waals surface area contributed by atoms with Crippen molar-refractivity contribution in [3.8, 4) is 5.75 Å². The minimum Gasteiger partial charge on any atom is -0.493 e. The first-order chi connectivity index (χ1) is 18.5. The van der Waals surface area contributed by atoms with Gasteiger partial charge in [0.15, 0.2) is 6.10 Å². The van der Waals surface area contributed by atoms with Crippen molar-refractivity contribution in [2.45, 2.75) is 31.9 Å². The average molecular weight is 517 g/mol. The summed E-state index contributed by atoms with van der Waals surface area (Å²) < 4.78 is 13.0. The minimum absolute atomic E-state index is 0.0575. The highest BCUT2D eigenvalue weighted by Gasteiger charge is 2.47. The number of para-hydroxylation sites is 1. The monoisotopic (exact) mass is 516 g/mol. The first kappa shape index (κ1) is 25.7. The Labute approximate surface area is 223 Å². The van der Waals surface area contributed by atoms with Crippen LogP contribution in [0.5, 0.6) is 5.75 Å². The fourth-order valence-electron chi connectivity index (χ4n) is 5.75. The van der Waals surface area contributed by atoms with E-state index >= 15 is 0 Å². The van der Waals surface area contributed by atoms with Gasteiger partial charge in [-0.2, -0.15) is 0 Å². The van der Waals surface area contributed by atoms with Gasteiger partial charge in [0.25, 0.3) is 5.69 Å². The highest BCUT2D eigenvalue weighted by atomic mass is 16.6. The third-order valence-corrected chi connectivity index (χ3v) is 7.86. The van der Waals surface area contributed by atoms with E-state index in [1.165, 1.54) is 12.1 Å². The number of nitro groups is 1. The van der Waals surface area contributed by atoms with Crippen LogP contribution in [0.1, 0.15) is 24.8 Å². The Morgan fingerprint density at radius 2 is 1.61 bits per heavy atom. The predicted molar refractivity (Wildman–Crippen MR) is 145 cm³/mol. The van der Waals surface area contributed by atoms with Gasteiger partial charge >= 0.3 is 6.09 Å². The van der Waals surface area contributed by atoms with Crippen molar-refractivity contribution in [3.63, 3.8) is 0 Å². The van der Waals surface area contributed by atoms with Crippen molar-refractivity contribution in [2.75, 3.05) is 37.7 Å². The number of piperidine rings is 3. The summed E-state index contributed by atoms with van der Waals surface area (Å²) in [5.41, 5.74) is 1.94. The number of benzene rings is 3. The molecule has 1 atom stereocenters. The zero-order valence-electron chi connectivity index (χ0n) is 21.5. The van der Waals surface area contributed by atoms with Crippen molar-refractivity contribution < 1.29 is 23.7 Å². The molecule has 3 aromatic carbocycles. The second-order valence-electron chi connectivity index (χ2n) is 10.3. The van der Waals surface area contributed by atoms with E-state index in [9.17, 15) is 14.9 Å². The summed E-state index contributed by atoms with van der Waals surface area (Å²) in [6.45, 7) is 5.00. The molecule has 3 aliphatic rings. The third-order valence-electron chi connectivity index (χ3n) is 7.86. The first-order valence-corrected chi connectivity index (χ1v) is 13.3. The Kier molecular flexibility index (Phi) is 7.89. The predicted octanol–water partition coefficient (Wildman–Crippen LogP) is 5.82. The van der Waals surface area contributed by atoms with Crippen molar-refractivity contribution in [3.05, 3.63) is 101 Å². The van der Waals surface area contributed by atoms with Gasteiger partial charge in [-0.05, 0) is 29.8 Å². The molecule has 3 aliphatic heterocycles. The molecule has 8 nitrogen and oxygen atoms in total. The molecule has 2 bridgehead atoms. The van der Waals surface area contributed by atoms with Gasteiger partial charge in [0.2, 0.25) is 0 Å². The molecular weight excluding hydrogens is 482 g/mol. The lowest BCUT2D eigenvalue weighted by Gasteiger charge is -2.52. The number of non-ortho nitro benzene ring substituents is 1. The van der Waals surface area contributed by atoms with Crippen molar-refractivity contribution in [2.24, 2.45) is 5.92 Å². The van der Waals surface area contributed by atoms with Gasteiger partial charge in [-0.15, -0.1) is 0 Å². The Morgan fingerprint density at radius 3 is 2.26 bits per heavy atom. The maximum Gasteiger partial charge on any atom is 0.415 e.